The number of amides is 1. The van der Waals surface area contributed by atoms with E-state index in [0.717, 1.165) is 5.02 Å². The average Bonchev–Trinajstić information content (AvgIpc) is 2.37. The van der Waals surface area contributed by atoms with Gasteiger partial charge in [0.15, 0.2) is 0 Å². The molecule has 1 rings (SSSR count). The first-order valence-corrected chi connectivity index (χ1v) is 6.30. The third kappa shape index (κ3) is 3.98. The fraction of sp³-hybridized carbons (Fsp3) is 0.462. The molecule has 2 unspecified atom stereocenters. The van der Waals surface area contributed by atoms with E-state index in [2.05, 4.69) is 17.2 Å². The second-order valence-corrected chi connectivity index (χ2v) is 4.95. The molecule has 0 saturated carbocycles. The molecule has 1 aromatic rings. The predicted molar refractivity (Wildman–Crippen MR) is 74.0 cm³/mol. The van der Waals surface area contributed by atoms with E-state index in [4.69, 9.17) is 17.4 Å². The Kier molecular flexibility index (Phi) is 5.59. The second-order valence-electron chi connectivity index (χ2n) is 4.51. The molecule has 0 bridgehead atoms. The first-order valence-electron chi connectivity index (χ1n) is 5.92. The summed E-state index contributed by atoms with van der Waals surface area (Å²) in [5, 5.41) is 0.726. The summed E-state index contributed by atoms with van der Waals surface area (Å²) < 4.78 is 0. The lowest BCUT2D eigenvalue weighted by Gasteiger charge is -2.30. The Morgan fingerprint density at radius 3 is 2.44 bits per heavy atom. The minimum Gasteiger partial charge on any atom is -0.296 e. The minimum atomic E-state index is -0.155. The van der Waals surface area contributed by atoms with Gasteiger partial charge in [0, 0.05) is 23.5 Å². The zero-order chi connectivity index (χ0) is 13.7. The van der Waals surface area contributed by atoms with Crippen LogP contribution < -0.4 is 11.3 Å². The topological polar surface area (TPSA) is 58.4 Å². The summed E-state index contributed by atoms with van der Waals surface area (Å²) in [5.41, 5.74) is 3.32. The molecule has 0 aliphatic rings. The van der Waals surface area contributed by atoms with Crippen molar-refractivity contribution in [3.8, 4) is 0 Å². The van der Waals surface area contributed by atoms with Gasteiger partial charge in [0.05, 0.1) is 0 Å². The Bertz CT molecular complexity index is 394. The lowest BCUT2D eigenvalue weighted by Crippen LogP contribution is -2.38. The molecule has 0 fully saturated rings. The number of rotatable bonds is 5. The number of carbonyl (C=O) groups is 1. The highest BCUT2D eigenvalue weighted by Crippen LogP contribution is 2.23. The van der Waals surface area contributed by atoms with Crippen LogP contribution in [-0.2, 0) is 4.79 Å². The van der Waals surface area contributed by atoms with Crippen molar-refractivity contribution in [3.05, 3.63) is 34.9 Å². The summed E-state index contributed by atoms with van der Waals surface area (Å²) in [5.74, 6) is 4.94. The zero-order valence-corrected chi connectivity index (χ0v) is 11.7. The van der Waals surface area contributed by atoms with Crippen molar-refractivity contribution in [2.24, 2.45) is 5.84 Å². The van der Waals surface area contributed by atoms with Crippen LogP contribution >= 0.6 is 11.6 Å². The Balaban J connectivity index is 2.68. The fourth-order valence-corrected chi connectivity index (χ4v) is 1.96. The molecule has 4 nitrogen and oxygen atoms in total. The van der Waals surface area contributed by atoms with Crippen molar-refractivity contribution in [2.45, 2.75) is 32.4 Å². The van der Waals surface area contributed by atoms with Gasteiger partial charge in [-0.3, -0.25) is 15.1 Å². The van der Waals surface area contributed by atoms with Crippen molar-refractivity contribution in [1.82, 2.24) is 10.3 Å². The first-order chi connectivity index (χ1) is 8.45. The van der Waals surface area contributed by atoms with Gasteiger partial charge >= 0.3 is 0 Å². The van der Waals surface area contributed by atoms with Gasteiger partial charge in [-0.25, -0.2) is 5.84 Å². The van der Waals surface area contributed by atoms with Crippen LogP contribution in [-0.4, -0.2) is 23.9 Å². The van der Waals surface area contributed by atoms with Gasteiger partial charge in [-0.15, -0.1) is 0 Å². The molecule has 1 aromatic carbocycles. The van der Waals surface area contributed by atoms with Crippen molar-refractivity contribution >= 4 is 17.5 Å². The highest BCUT2D eigenvalue weighted by atomic mass is 35.5. The van der Waals surface area contributed by atoms with Crippen LogP contribution in [0, 0.1) is 0 Å². The SMILES string of the molecule is CC(CC(=O)NN)N(C)C(C)c1ccc(Cl)cc1. The van der Waals surface area contributed by atoms with E-state index in [-0.39, 0.29) is 18.0 Å². The molecule has 100 valence electrons. The molecule has 1 amide bonds. The van der Waals surface area contributed by atoms with Crippen molar-refractivity contribution in [1.29, 1.82) is 0 Å². The average molecular weight is 270 g/mol. The van der Waals surface area contributed by atoms with Gasteiger partial charge < -0.3 is 0 Å². The summed E-state index contributed by atoms with van der Waals surface area (Å²) in [6, 6.07) is 8.07. The van der Waals surface area contributed by atoms with E-state index in [0.29, 0.717) is 6.42 Å². The lowest BCUT2D eigenvalue weighted by molar-refractivity contribution is -0.122. The summed E-state index contributed by atoms with van der Waals surface area (Å²) >= 11 is 5.87. The van der Waals surface area contributed by atoms with Crippen LogP contribution in [0.15, 0.2) is 24.3 Å². The Hall–Kier alpha value is -1.10. The van der Waals surface area contributed by atoms with Crippen LogP contribution in [0.3, 0.4) is 0 Å². The molecule has 2 atom stereocenters. The molecule has 5 heteroatoms. The van der Waals surface area contributed by atoms with E-state index in [9.17, 15) is 4.79 Å². The summed E-state index contributed by atoms with van der Waals surface area (Å²) in [6.07, 6.45) is 0.380. The van der Waals surface area contributed by atoms with E-state index in [1.165, 1.54) is 5.56 Å². The second kappa shape index (κ2) is 6.73. The van der Waals surface area contributed by atoms with Crippen molar-refractivity contribution < 1.29 is 4.79 Å². The minimum absolute atomic E-state index is 0.110. The molecule has 0 aliphatic heterocycles. The van der Waals surface area contributed by atoms with Crippen molar-refractivity contribution in [2.75, 3.05) is 7.05 Å². The first kappa shape index (κ1) is 15.0. The molecular weight excluding hydrogens is 250 g/mol. The summed E-state index contributed by atoms with van der Waals surface area (Å²) in [7, 11) is 1.99. The molecule has 0 aromatic heterocycles. The zero-order valence-electron chi connectivity index (χ0n) is 11.0. The molecule has 0 spiro atoms. The maximum atomic E-state index is 11.3. The number of halogens is 1. The highest BCUT2D eigenvalue weighted by Gasteiger charge is 2.19. The van der Waals surface area contributed by atoms with E-state index in [1.807, 2.05) is 38.2 Å². The maximum absolute atomic E-state index is 11.3. The van der Waals surface area contributed by atoms with Crippen LogP contribution in [0.1, 0.15) is 31.9 Å². The number of nitrogens with one attached hydrogen (secondary N) is 1. The number of nitrogens with two attached hydrogens (primary N) is 1. The van der Waals surface area contributed by atoms with Gasteiger partial charge in [-0.05, 0) is 38.6 Å². The van der Waals surface area contributed by atoms with E-state index >= 15 is 0 Å². The van der Waals surface area contributed by atoms with E-state index < -0.39 is 0 Å². The van der Waals surface area contributed by atoms with E-state index in [1.54, 1.807) is 0 Å². The third-order valence-corrected chi connectivity index (χ3v) is 3.55. The third-order valence-electron chi connectivity index (χ3n) is 3.30. The predicted octanol–water partition coefficient (Wildman–Crippen LogP) is 2.10. The molecule has 0 heterocycles. The normalized spacial score (nSPS) is 14.3. The Morgan fingerprint density at radius 2 is 1.94 bits per heavy atom. The summed E-state index contributed by atoms with van der Waals surface area (Å²) in [6.45, 7) is 4.10. The number of nitrogens with zero attached hydrogens (tertiary/aromatic N) is 1. The number of benzene rings is 1. The lowest BCUT2D eigenvalue weighted by atomic mass is 10.0. The number of hydrogen-bond donors (Lipinski definition) is 2. The number of carbonyl (C=O) groups excluding carboxylic acids is 1. The molecule has 3 N–H and O–H groups in total. The molecule has 0 radical (unpaired) electrons. The van der Waals surface area contributed by atoms with Gasteiger partial charge in [0.25, 0.3) is 0 Å². The Morgan fingerprint density at radius 1 is 1.39 bits per heavy atom. The molecule has 0 aliphatic carbocycles. The molecule has 0 saturated heterocycles. The number of hydrazine groups is 1. The molecular formula is C13H20ClN3O. The van der Waals surface area contributed by atoms with Gasteiger partial charge in [0.2, 0.25) is 5.91 Å². The van der Waals surface area contributed by atoms with Crippen LogP contribution in [0.25, 0.3) is 0 Å². The van der Waals surface area contributed by atoms with Crippen molar-refractivity contribution in [3.63, 3.8) is 0 Å². The summed E-state index contributed by atoms with van der Waals surface area (Å²) in [4.78, 5) is 13.4. The smallest absolute Gasteiger partial charge is 0.235 e. The van der Waals surface area contributed by atoms with Gasteiger partial charge in [-0.2, -0.15) is 0 Å². The quantitative estimate of drug-likeness (QED) is 0.489. The van der Waals surface area contributed by atoms with Crippen LogP contribution in [0.2, 0.25) is 5.02 Å². The highest BCUT2D eigenvalue weighted by molar-refractivity contribution is 6.30. The number of hydrogen-bond acceptors (Lipinski definition) is 3. The standard InChI is InChI=1S/C13H20ClN3O/c1-9(8-13(18)16-15)17(3)10(2)11-4-6-12(14)7-5-11/h4-7,9-10H,8,15H2,1-3H3,(H,16,18). The largest absolute Gasteiger partial charge is 0.296 e. The van der Waals surface area contributed by atoms with Gasteiger partial charge in [0.1, 0.15) is 0 Å². The Labute approximate surface area is 113 Å². The van der Waals surface area contributed by atoms with Gasteiger partial charge in [-0.1, -0.05) is 23.7 Å². The fourth-order valence-electron chi connectivity index (χ4n) is 1.83. The maximum Gasteiger partial charge on any atom is 0.235 e. The monoisotopic (exact) mass is 269 g/mol. The van der Waals surface area contributed by atoms with Crippen LogP contribution in [0.4, 0.5) is 0 Å². The van der Waals surface area contributed by atoms with Crippen LogP contribution in [0.5, 0.6) is 0 Å². The molecule has 18 heavy (non-hydrogen) atoms.